The third-order valence-corrected chi connectivity index (χ3v) is 3.24. The molecule has 0 spiro atoms. The SMILES string of the molecule is CCCCCCCCCCCCC(C)OOOC. The zero-order chi connectivity index (χ0) is 13.5. The summed E-state index contributed by atoms with van der Waals surface area (Å²) in [4.78, 5) is 9.34. The fourth-order valence-electron chi connectivity index (χ4n) is 2.07. The van der Waals surface area contributed by atoms with E-state index >= 15 is 0 Å². The maximum absolute atomic E-state index is 4.95. The maximum atomic E-state index is 4.95. The topological polar surface area (TPSA) is 27.7 Å². The number of hydrogen-bond acceptors (Lipinski definition) is 3. The second-order valence-corrected chi connectivity index (χ2v) is 5.11. The normalized spacial score (nSPS) is 12.8. The predicted octanol–water partition coefficient (Wildman–Crippen LogP) is 5.20. The number of hydrogen-bond donors (Lipinski definition) is 0. The highest BCUT2D eigenvalue weighted by Gasteiger charge is 2.02. The summed E-state index contributed by atoms with van der Waals surface area (Å²) in [7, 11) is 1.45. The molecule has 3 nitrogen and oxygen atoms in total. The van der Waals surface area contributed by atoms with E-state index in [-0.39, 0.29) is 6.10 Å². The smallest absolute Gasteiger partial charge is 0.0933 e. The number of unbranched alkanes of at least 4 members (excludes halogenated alkanes) is 9. The Morgan fingerprint density at radius 1 is 0.778 bits per heavy atom. The molecule has 0 fully saturated rings. The third kappa shape index (κ3) is 13.9. The molecule has 0 heterocycles. The van der Waals surface area contributed by atoms with Crippen molar-refractivity contribution in [2.24, 2.45) is 0 Å². The maximum Gasteiger partial charge on any atom is 0.0933 e. The zero-order valence-corrected chi connectivity index (χ0v) is 12.6. The molecule has 0 aromatic carbocycles. The van der Waals surface area contributed by atoms with Gasteiger partial charge in [0.05, 0.1) is 13.2 Å². The van der Waals surface area contributed by atoms with E-state index in [0.29, 0.717) is 0 Å². The van der Waals surface area contributed by atoms with Crippen LogP contribution in [0.2, 0.25) is 0 Å². The van der Waals surface area contributed by atoms with Crippen molar-refractivity contribution in [2.45, 2.75) is 90.6 Å². The van der Waals surface area contributed by atoms with E-state index < -0.39 is 0 Å². The Bertz CT molecular complexity index is 151. The molecule has 110 valence electrons. The highest BCUT2D eigenvalue weighted by atomic mass is 17.5. The molecule has 0 aromatic rings. The third-order valence-electron chi connectivity index (χ3n) is 3.24. The van der Waals surface area contributed by atoms with Gasteiger partial charge >= 0.3 is 0 Å². The highest BCUT2D eigenvalue weighted by molar-refractivity contribution is 4.51. The molecule has 3 heteroatoms. The van der Waals surface area contributed by atoms with Crippen molar-refractivity contribution >= 4 is 0 Å². The lowest BCUT2D eigenvalue weighted by Gasteiger charge is -2.09. The molecule has 0 saturated carbocycles. The largest absolute Gasteiger partial charge is 0.210 e. The van der Waals surface area contributed by atoms with E-state index in [1.54, 1.807) is 0 Å². The lowest BCUT2D eigenvalue weighted by atomic mass is 10.1. The second kappa shape index (κ2) is 14.9. The first-order valence-corrected chi connectivity index (χ1v) is 7.67. The van der Waals surface area contributed by atoms with Crippen LogP contribution in [-0.2, 0) is 14.8 Å². The van der Waals surface area contributed by atoms with Gasteiger partial charge in [-0.15, -0.1) is 0 Å². The van der Waals surface area contributed by atoms with Crippen LogP contribution >= 0.6 is 0 Å². The molecular weight excluding hydrogens is 228 g/mol. The van der Waals surface area contributed by atoms with Crippen molar-refractivity contribution in [1.82, 2.24) is 0 Å². The van der Waals surface area contributed by atoms with Crippen molar-refractivity contribution < 1.29 is 14.8 Å². The van der Waals surface area contributed by atoms with Crippen LogP contribution < -0.4 is 0 Å². The van der Waals surface area contributed by atoms with Gasteiger partial charge in [-0.05, 0) is 13.3 Å². The van der Waals surface area contributed by atoms with Gasteiger partial charge in [0.15, 0.2) is 0 Å². The van der Waals surface area contributed by atoms with Crippen LogP contribution in [0.1, 0.15) is 84.5 Å². The molecule has 0 amide bonds. The minimum absolute atomic E-state index is 0.124. The molecule has 1 unspecified atom stereocenters. The lowest BCUT2D eigenvalue weighted by Crippen LogP contribution is -2.08. The molecule has 0 aliphatic rings. The summed E-state index contributed by atoms with van der Waals surface area (Å²) in [5, 5.41) is 4.44. The molecule has 0 N–H and O–H groups in total. The minimum atomic E-state index is 0.124. The van der Waals surface area contributed by atoms with Crippen molar-refractivity contribution in [3.05, 3.63) is 0 Å². The summed E-state index contributed by atoms with van der Waals surface area (Å²) in [5.74, 6) is 0. The lowest BCUT2D eigenvalue weighted by molar-refractivity contribution is -0.515. The van der Waals surface area contributed by atoms with Gasteiger partial charge in [0, 0.05) is 0 Å². The fourth-order valence-corrected chi connectivity index (χ4v) is 2.07. The van der Waals surface area contributed by atoms with Gasteiger partial charge < -0.3 is 0 Å². The summed E-state index contributed by atoms with van der Waals surface area (Å²) >= 11 is 0. The molecule has 18 heavy (non-hydrogen) atoms. The zero-order valence-electron chi connectivity index (χ0n) is 12.6. The highest BCUT2D eigenvalue weighted by Crippen LogP contribution is 2.12. The van der Waals surface area contributed by atoms with E-state index in [4.69, 9.17) is 4.89 Å². The Morgan fingerprint density at radius 2 is 1.28 bits per heavy atom. The van der Waals surface area contributed by atoms with E-state index in [1.807, 2.05) is 6.92 Å². The monoisotopic (exact) mass is 260 g/mol. The molecule has 0 rings (SSSR count). The summed E-state index contributed by atoms with van der Waals surface area (Å²) in [6.07, 6.45) is 14.8. The Labute approximate surface area is 113 Å². The van der Waals surface area contributed by atoms with Gasteiger partial charge in [-0.2, -0.15) is 0 Å². The Morgan fingerprint density at radius 3 is 1.78 bits per heavy atom. The van der Waals surface area contributed by atoms with Crippen LogP contribution in [0.25, 0.3) is 0 Å². The first-order valence-electron chi connectivity index (χ1n) is 7.67. The summed E-state index contributed by atoms with van der Waals surface area (Å²) in [6.45, 7) is 4.27. The number of rotatable bonds is 14. The van der Waals surface area contributed by atoms with E-state index in [1.165, 1.54) is 71.3 Å². The van der Waals surface area contributed by atoms with Crippen LogP contribution in [0.15, 0.2) is 0 Å². The van der Waals surface area contributed by atoms with Gasteiger partial charge in [-0.1, -0.05) is 76.2 Å². The van der Waals surface area contributed by atoms with Crippen LogP contribution in [-0.4, -0.2) is 13.2 Å². The van der Waals surface area contributed by atoms with Crippen LogP contribution in [0, 0.1) is 0 Å². The quantitative estimate of drug-likeness (QED) is 0.244. The van der Waals surface area contributed by atoms with Gasteiger partial charge in [0.1, 0.15) is 0 Å². The van der Waals surface area contributed by atoms with Crippen molar-refractivity contribution in [2.75, 3.05) is 7.11 Å². The van der Waals surface area contributed by atoms with E-state index in [2.05, 4.69) is 16.8 Å². The molecular formula is C15H32O3. The fraction of sp³-hybridized carbons (Fsp3) is 1.00. The molecule has 1 atom stereocenters. The molecule has 0 saturated heterocycles. The standard InChI is InChI=1S/C15H32O3/c1-4-5-6-7-8-9-10-11-12-13-14-15(2)17-18-16-3/h15H,4-14H2,1-3H3. The summed E-state index contributed by atoms with van der Waals surface area (Å²) in [5.41, 5.74) is 0. The Kier molecular flexibility index (Phi) is 14.8. The molecule has 0 aliphatic heterocycles. The Hall–Kier alpha value is -0.120. The Balaban J connectivity index is 3.02. The van der Waals surface area contributed by atoms with Gasteiger partial charge in [-0.3, -0.25) is 0 Å². The molecule has 0 aromatic heterocycles. The predicted molar refractivity (Wildman–Crippen MR) is 75.1 cm³/mol. The molecule has 0 aliphatic carbocycles. The summed E-state index contributed by atoms with van der Waals surface area (Å²) < 4.78 is 0. The first kappa shape index (κ1) is 17.9. The van der Waals surface area contributed by atoms with Gasteiger partial charge in [0.25, 0.3) is 0 Å². The van der Waals surface area contributed by atoms with Crippen LogP contribution in [0.4, 0.5) is 0 Å². The van der Waals surface area contributed by atoms with Crippen LogP contribution in [0.3, 0.4) is 0 Å². The van der Waals surface area contributed by atoms with Crippen molar-refractivity contribution in [1.29, 1.82) is 0 Å². The molecule has 0 radical (unpaired) electrons. The first-order chi connectivity index (χ1) is 8.81. The van der Waals surface area contributed by atoms with E-state index in [0.717, 1.165) is 6.42 Å². The van der Waals surface area contributed by atoms with Crippen molar-refractivity contribution in [3.63, 3.8) is 0 Å². The van der Waals surface area contributed by atoms with Crippen molar-refractivity contribution in [3.8, 4) is 0 Å². The summed E-state index contributed by atoms with van der Waals surface area (Å²) in [6, 6.07) is 0. The second-order valence-electron chi connectivity index (χ2n) is 5.11. The molecule has 0 bridgehead atoms. The van der Waals surface area contributed by atoms with Crippen LogP contribution in [0.5, 0.6) is 0 Å². The minimum Gasteiger partial charge on any atom is -0.210 e. The average molecular weight is 260 g/mol. The van der Waals surface area contributed by atoms with Gasteiger partial charge in [-0.25, -0.2) is 9.78 Å². The average Bonchev–Trinajstić information content (AvgIpc) is 2.38. The van der Waals surface area contributed by atoms with Gasteiger partial charge in [0.2, 0.25) is 0 Å². The van der Waals surface area contributed by atoms with E-state index in [9.17, 15) is 0 Å².